The van der Waals surface area contributed by atoms with Gasteiger partial charge in [0.25, 0.3) is 0 Å². The molecule has 2 atom stereocenters. The van der Waals surface area contributed by atoms with Gasteiger partial charge in [0, 0.05) is 19.6 Å². The highest BCUT2D eigenvalue weighted by Crippen LogP contribution is 2.30. The van der Waals surface area contributed by atoms with Gasteiger partial charge in [-0.15, -0.1) is 0 Å². The molecule has 114 valence electrons. The number of nitrogens with zero attached hydrogens (tertiary/aromatic N) is 1. The largest absolute Gasteiger partial charge is 0.392 e. The molecule has 1 saturated heterocycles. The summed E-state index contributed by atoms with van der Waals surface area (Å²) in [5.41, 5.74) is 0.934. The van der Waals surface area contributed by atoms with Crippen LogP contribution in [0.5, 0.6) is 0 Å². The number of β-amino-alcohol motifs (C(OH)–C–C–N with tert-alkyl or cyclic N) is 1. The molecule has 1 aromatic rings. The van der Waals surface area contributed by atoms with Gasteiger partial charge in [0.1, 0.15) is 5.82 Å². The van der Waals surface area contributed by atoms with Crippen molar-refractivity contribution in [2.75, 3.05) is 13.1 Å². The normalized spacial score (nSPS) is 25.0. The van der Waals surface area contributed by atoms with Gasteiger partial charge in [-0.1, -0.05) is 12.1 Å². The molecule has 3 rings (SSSR count). The van der Waals surface area contributed by atoms with Crippen LogP contribution in [0.3, 0.4) is 0 Å². The van der Waals surface area contributed by atoms with Crippen LogP contribution in [0.4, 0.5) is 4.39 Å². The quantitative estimate of drug-likeness (QED) is 0.860. The maximum Gasteiger partial charge on any atom is 0.240 e. The first-order valence-electron chi connectivity index (χ1n) is 7.56. The number of carbonyl (C=O) groups is 1. The number of aliphatic hydroxyl groups is 1. The zero-order valence-electron chi connectivity index (χ0n) is 12.0. The number of hydrogen-bond donors (Lipinski definition) is 2. The van der Waals surface area contributed by atoms with Gasteiger partial charge in [-0.3, -0.25) is 4.79 Å². The molecule has 1 aliphatic carbocycles. The Labute approximate surface area is 124 Å². The third-order valence-electron chi connectivity index (χ3n) is 4.18. The van der Waals surface area contributed by atoms with Crippen LogP contribution in [-0.2, 0) is 11.3 Å². The fraction of sp³-hybridized carbons (Fsp3) is 0.562. The second-order valence-electron chi connectivity index (χ2n) is 6.14. The predicted octanol–water partition coefficient (Wildman–Crippen LogP) is 1.29. The summed E-state index contributed by atoms with van der Waals surface area (Å²) in [6.45, 7) is 1.73. The van der Waals surface area contributed by atoms with Gasteiger partial charge in [-0.05, 0) is 42.9 Å². The Morgan fingerprint density at radius 1 is 1.33 bits per heavy atom. The molecule has 1 heterocycles. The molecule has 2 unspecified atom stereocenters. The van der Waals surface area contributed by atoms with Gasteiger partial charge in [0.15, 0.2) is 0 Å². The number of halogens is 1. The van der Waals surface area contributed by atoms with Crippen LogP contribution in [0.25, 0.3) is 0 Å². The molecular weight excluding hydrogens is 271 g/mol. The SMILES string of the molecule is O=C(C1CC(O)CN1)N(Cc1ccc(F)cc1)CC1CC1. The lowest BCUT2D eigenvalue weighted by Crippen LogP contribution is -2.44. The van der Waals surface area contributed by atoms with E-state index < -0.39 is 6.10 Å². The number of hydrogen-bond acceptors (Lipinski definition) is 3. The molecule has 2 N–H and O–H groups in total. The van der Waals surface area contributed by atoms with Crippen LogP contribution in [0.15, 0.2) is 24.3 Å². The van der Waals surface area contributed by atoms with Crippen LogP contribution in [-0.4, -0.2) is 41.1 Å². The van der Waals surface area contributed by atoms with Crippen molar-refractivity contribution < 1.29 is 14.3 Å². The Kier molecular flexibility index (Phi) is 4.22. The Bertz CT molecular complexity index is 502. The van der Waals surface area contributed by atoms with E-state index in [9.17, 15) is 14.3 Å². The van der Waals surface area contributed by atoms with E-state index in [2.05, 4.69) is 5.32 Å². The van der Waals surface area contributed by atoms with Gasteiger partial charge < -0.3 is 15.3 Å². The van der Waals surface area contributed by atoms with E-state index in [1.54, 1.807) is 12.1 Å². The Hall–Kier alpha value is -1.46. The Balaban J connectivity index is 1.67. The first kappa shape index (κ1) is 14.5. The highest BCUT2D eigenvalue weighted by molar-refractivity contribution is 5.82. The average molecular weight is 292 g/mol. The highest BCUT2D eigenvalue weighted by Gasteiger charge is 2.34. The summed E-state index contributed by atoms with van der Waals surface area (Å²) in [5.74, 6) is 0.378. The standard InChI is InChI=1S/C16H21FN2O2/c17-13-5-3-12(4-6-13)10-19(9-11-1-2-11)16(21)15-7-14(20)8-18-15/h3-6,11,14-15,18,20H,1-2,7-10H2. The fourth-order valence-corrected chi connectivity index (χ4v) is 2.78. The Morgan fingerprint density at radius 2 is 2.05 bits per heavy atom. The van der Waals surface area contributed by atoms with E-state index in [0.29, 0.717) is 25.4 Å². The van der Waals surface area contributed by atoms with Crippen LogP contribution in [0.1, 0.15) is 24.8 Å². The molecule has 1 saturated carbocycles. The van der Waals surface area contributed by atoms with Crippen molar-refractivity contribution in [3.8, 4) is 0 Å². The fourth-order valence-electron chi connectivity index (χ4n) is 2.78. The second kappa shape index (κ2) is 6.12. The number of benzene rings is 1. The zero-order valence-corrected chi connectivity index (χ0v) is 12.0. The summed E-state index contributed by atoms with van der Waals surface area (Å²) in [4.78, 5) is 14.5. The van der Waals surface area contributed by atoms with Gasteiger partial charge in [-0.2, -0.15) is 0 Å². The molecule has 1 aromatic carbocycles. The van der Waals surface area contributed by atoms with Crippen LogP contribution in [0.2, 0.25) is 0 Å². The maximum absolute atomic E-state index is 13.0. The summed E-state index contributed by atoms with van der Waals surface area (Å²) in [7, 11) is 0. The minimum absolute atomic E-state index is 0.0442. The summed E-state index contributed by atoms with van der Waals surface area (Å²) in [6, 6.07) is 6.00. The third kappa shape index (κ3) is 3.80. The average Bonchev–Trinajstić information content (AvgIpc) is 3.19. The number of aliphatic hydroxyl groups excluding tert-OH is 1. The minimum atomic E-state index is -0.437. The highest BCUT2D eigenvalue weighted by atomic mass is 19.1. The molecule has 0 radical (unpaired) electrons. The van der Waals surface area contributed by atoms with Crippen molar-refractivity contribution >= 4 is 5.91 Å². The van der Waals surface area contributed by atoms with Crippen LogP contribution >= 0.6 is 0 Å². The molecule has 0 aromatic heterocycles. The molecule has 1 amide bonds. The van der Waals surface area contributed by atoms with E-state index in [1.165, 1.54) is 25.0 Å². The molecule has 4 nitrogen and oxygen atoms in total. The Morgan fingerprint density at radius 3 is 2.62 bits per heavy atom. The topological polar surface area (TPSA) is 52.6 Å². The van der Waals surface area contributed by atoms with E-state index >= 15 is 0 Å². The summed E-state index contributed by atoms with van der Waals surface area (Å²) < 4.78 is 13.0. The van der Waals surface area contributed by atoms with E-state index in [1.807, 2.05) is 4.90 Å². The van der Waals surface area contributed by atoms with Crippen molar-refractivity contribution in [1.82, 2.24) is 10.2 Å². The number of nitrogens with one attached hydrogen (secondary N) is 1. The minimum Gasteiger partial charge on any atom is -0.392 e. The summed E-state index contributed by atoms with van der Waals surface area (Å²) in [5, 5.41) is 12.6. The molecule has 1 aliphatic heterocycles. The van der Waals surface area contributed by atoms with Crippen molar-refractivity contribution in [3.05, 3.63) is 35.6 Å². The smallest absolute Gasteiger partial charge is 0.240 e. The lowest BCUT2D eigenvalue weighted by molar-refractivity contribution is -0.134. The van der Waals surface area contributed by atoms with Crippen molar-refractivity contribution in [2.45, 2.75) is 38.0 Å². The van der Waals surface area contributed by atoms with E-state index in [4.69, 9.17) is 0 Å². The van der Waals surface area contributed by atoms with Crippen molar-refractivity contribution in [2.24, 2.45) is 5.92 Å². The lowest BCUT2D eigenvalue weighted by atomic mass is 10.1. The third-order valence-corrected chi connectivity index (χ3v) is 4.18. The first-order chi connectivity index (χ1) is 10.1. The van der Waals surface area contributed by atoms with Gasteiger partial charge in [0.05, 0.1) is 12.1 Å². The molecule has 5 heteroatoms. The van der Waals surface area contributed by atoms with Gasteiger partial charge >= 0.3 is 0 Å². The van der Waals surface area contributed by atoms with Crippen LogP contribution < -0.4 is 5.32 Å². The molecule has 0 bridgehead atoms. The lowest BCUT2D eigenvalue weighted by Gasteiger charge is -2.26. The predicted molar refractivity (Wildman–Crippen MR) is 77.0 cm³/mol. The monoisotopic (exact) mass is 292 g/mol. The molecule has 0 spiro atoms. The van der Waals surface area contributed by atoms with Gasteiger partial charge in [0.2, 0.25) is 5.91 Å². The molecular formula is C16H21FN2O2. The van der Waals surface area contributed by atoms with E-state index in [-0.39, 0.29) is 17.8 Å². The first-order valence-corrected chi connectivity index (χ1v) is 7.56. The van der Waals surface area contributed by atoms with Crippen molar-refractivity contribution in [3.63, 3.8) is 0 Å². The molecule has 2 aliphatic rings. The number of amides is 1. The summed E-state index contributed by atoms with van der Waals surface area (Å²) >= 11 is 0. The zero-order chi connectivity index (χ0) is 14.8. The molecule has 2 fully saturated rings. The molecule has 21 heavy (non-hydrogen) atoms. The number of carbonyl (C=O) groups excluding carboxylic acids is 1. The number of rotatable bonds is 5. The summed E-state index contributed by atoms with van der Waals surface area (Å²) in [6.07, 6.45) is 2.39. The van der Waals surface area contributed by atoms with Gasteiger partial charge in [-0.25, -0.2) is 4.39 Å². The van der Waals surface area contributed by atoms with E-state index in [0.717, 1.165) is 12.1 Å². The van der Waals surface area contributed by atoms with Crippen LogP contribution in [0, 0.1) is 11.7 Å². The van der Waals surface area contributed by atoms with Crippen molar-refractivity contribution in [1.29, 1.82) is 0 Å². The second-order valence-corrected chi connectivity index (χ2v) is 6.14. The maximum atomic E-state index is 13.0.